The first-order valence-electron chi connectivity index (χ1n) is 7.72. The van der Waals surface area contributed by atoms with Crippen molar-refractivity contribution in [2.24, 2.45) is 5.16 Å². The molecule has 0 radical (unpaired) electrons. The second kappa shape index (κ2) is 9.52. The largest absolute Gasteiger partial charge is 0.481 e. The molecular weight excluding hydrogens is 351 g/mol. The van der Waals surface area contributed by atoms with Crippen LogP contribution in [-0.2, 0) is 19.1 Å². The number of hydrogen-bond acceptors (Lipinski definition) is 8. The van der Waals surface area contributed by atoms with Gasteiger partial charge in [0.1, 0.15) is 6.61 Å². The highest BCUT2D eigenvalue weighted by molar-refractivity contribution is 7.13. The monoisotopic (exact) mass is 370 g/mol. The topological polar surface area (TPSA) is 138 Å². The van der Waals surface area contributed by atoms with Crippen molar-refractivity contribution >= 4 is 36.0 Å². The summed E-state index contributed by atoms with van der Waals surface area (Å²) in [6, 6.07) is 3.45. The minimum atomic E-state index is -1.30. The summed E-state index contributed by atoms with van der Waals surface area (Å²) in [5.41, 5.74) is 0.0308. The third kappa shape index (κ3) is 5.82. The number of rotatable bonds is 8. The first kappa shape index (κ1) is 19.4. The van der Waals surface area contributed by atoms with Crippen LogP contribution in [0.15, 0.2) is 22.7 Å². The highest BCUT2D eigenvalue weighted by Crippen LogP contribution is 2.19. The van der Waals surface area contributed by atoms with Gasteiger partial charge in [0.2, 0.25) is 0 Å². The lowest BCUT2D eigenvalue weighted by atomic mass is 9.72. The number of carbonyl (C=O) groups is 2. The maximum absolute atomic E-state index is 12.5. The molecule has 1 fully saturated rings. The Morgan fingerprint density at radius 3 is 2.88 bits per heavy atom. The lowest BCUT2D eigenvalue weighted by Crippen LogP contribution is -2.54. The molecular formula is C14H19BN2O7S. The summed E-state index contributed by atoms with van der Waals surface area (Å²) < 4.78 is 5.24. The minimum Gasteiger partial charge on any atom is -0.481 e. The van der Waals surface area contributed by atoms with Crippen molar-refractivity contribution < 1.29 is 34.3 Å². The smallest absolute Gasteiger partial charge is 0.478 e. The number of aliphatic carboxylic acids is 1. The molecule has 9 nitrogen and oxygen atoms in total. The number of thiophene rings is 1. The lowest BCUT2D eigenvalue weighted by molar-refractivity contribution is -0.139. The second-order valence-electron chi connectivity index (χ2n) is 5.38. The first-order valence-corrected chi connectivity index (χ1v) is 8.60. The number of aliphatic hydroxyl groups is 1. The number of aliphatic hydroxyl groups excluding tert-OH is 1. The zero-order valence-corrected chi connectivity index (χ0v) is 14.1. The van der Waals surface area contributed by atoms with E-state index in [1.165, 1.54) is 11.3 Å². The maximum Gasteiger partial charge on any atom is 0.478 e. The molecule has 0 aliphatic carbocycles. The summed E-state index contributed by atoms with van der Waals surface area (Å²) >= 11 is 1.29. The van der Waals surface area contributed by atoms with Crippen LogP contribution >= 0.6 is 11.3 Å². The predicted molar refractivity (Wildman–Crippen MR) is 90.2 cm³/mol. The zero-order valence-electron chi connectivity index (χ0n) is 13.3. The molecule has 2 heterocycles. The van der Waals surface area contributed by atoms with Crippen LogP contribution < -0.4 is 5.32 Å². The van der Waals surface area contributed by atoms with Gasteiger partial charge in [-0.05, 0) is 24.3 Å². The third-order valence-corrected chi connectivity index (χ3v) is 4.38. The van der Waals surface area contributed by atoms with Crippen LogP contribution in [0, 0.1) is 0 Å². The van der Waals surface area contributed by atoms with E-state index in [2.05, 4.69) is 10.5 Å². The SMILES string of the molecule is O=C(O)C[C@@H]1CC[C@H](NC(=O)/C(=N/OCCO)c2cccs2)B(O)O1. The van der Waals surface area contributed by atoms with E-state index in [1.54, 1.807) is 17.5 Å². The van der Waals surface area contributed by atoms with Gasteiger partial charge >= 0.3 is 13.1 Å². The van der Waals surface area contributed by atoms with Crippen LogP contribution in [0.4, 0.5) is 0 Å². The van der Waals surface area contributed by atoms with E-state index in [-0.39, 0.29) is 25.3 Å². The van der Waals surface area contributed by atoms with Crippen LogP contribution in [0.2, 0.25) is 0 Å². The molecule has 1 aromatic heterocycles. The summed E-state index contributed by atoms with van der Waals surface area (Å²) in [7, 11) is -1.30. The summed E-state index contributed by atoms with van der Waals surface area (Å²) in [6.45, 7) is -0.281. The molecule has 1 aliphatic rings. The van der Waals surface area contributed by atoms with Gasteiger partial charge in [0.15, 0.2) is 5.71 Å². The normalized spacial score (nSPS) is 21.0. The molecule has 0 spiro atoms. The van der Waals surface area contributed by atoms with Gasteiger partial charge < -0.3 is 30.0 Å². The predicted octanol–water partition coefficient (Wildman–Crippen LogP) is -0.381. The highest BCUT2D eigenvalue weighted by atomic mass is 32.1. The molecule has 2 rings (SSSR count). The maximum atomic E-state index is 12.5. The van der Waals surface area contributed by atoms with E-state index in [9.17, 15) is 14.6 Å². The Balaban J connectivity index is 1.98. The van der Waals surface area contributed by atoms with E-state index >= 15 is 0 Å². The fraction of sp³-hybridized carbons (Fsp3) is 0.500. The molecule has 0 bridgehead atoms. The van der Waals surface area contributed by atoms with Crippen molar-refractivity contribution in [1.82, 2.24) is 5.32 Å². The van der Waals surface area contributed by atoms with Crippen LogP contribution in [0.1, 0.15) is 24.1 Å². The van der Waals surface area contributed by atoms with Crippen LogP contribution in [0.25, 0.3) is 0 Å². The van der Waals surface area contributed by atoms with Crippen LogP contribution in [0.5, 0.6) is 0 Å². The van der Waals surface area contributed by atoms with Crippen LogP contribution in [0.3, 0.4) is 0 Å². The molecule has 25 heavy (non-hydrogen) atoms. The second-order valence-corrected chi connectivity index (χ2v) is 6.33. The van der Waals surface area contributed by atoms with E-state index in [0.29, 0.717) is 17.7 Å². The van der Waals surface area contributed by atoms with Gasteiger partial charge in [-0.1, -0.05) is 11.2 Å². The van der Waals surface area contributed by atoms with E-state index < -0.39 is 31.0 Å². The number of hydrogen-bond donors (Lipinski definition) is 4. The molecule has 4 N–H and O–H groups in total. The van der Waals surface area contributed by atoms with Crippen molar-refractivity contribution in [2.75, 3.05) is 13.2 Å². The third-order valence-electron chi connectivity index (χ3n) is 3.50. The van der Waals surface area contributed by atoms with Gasteiger partial charge in [-0.2, -0.15) is 0 Å². The summed E-state index contributed by atoms with van der Waals surface area (Å²) in [5.74, 6) is -2.24. The van der Waals surface area contributed by atoms with Gasteiger partial charge in [-0.15, -0.1) is 11.3 Å². The zero-order chi connectivity index (χ0) is 18.2. The Kier molecular flexibility index (Phi) is 7.38. The van der Waals surface area contributed by atoms with Crippen molar-refractivity contribution in [3.05, 3.63) is 22.4 Å². The van der Waals surface area contributed by atoms with E-state index in [0.717, 1.165) is 0 Å². The van der Waals surface area contributed by atoms with Crippen molar-refractivity contribution in [3.8, 4) is 0 Å². The van der Waals surface area contributed by atoms with Gasteiger partial charge in [-0.3, -0.25) is 9.59 Å². The van der Waals surface area contributed by atoms with E-state index in [1.807, 2.05) is 0 Å². The van der Waals surface area contributed by atoms with Gasteiger partial charge in [0, 0.05) is 0 Å². The number of amides is 1. The minimum absolute atomic E-state index is 0.0308. The Morgan fingerprint density at radius 2 is 2.28 bits per heavy atom. The molecule has 0 unspecified atom stereocenters. The Morgan fingerprint density at radius 1 is 1.48 bits per heavy atom. The van der Waals surface area contributed by atoms with Gasteiger partial charge in [0.25, 0.3) is 5.91 Å². The van der Waals surface area contributed by atoms with Crippen molar-refractivity contribution in [3.63, 3.8) is 0 Å². The molecule has 0 aromatic carbocycles. The molecule has 1 amide bonds. The highest BCUT2D eigenvalue weighted by Gasteiger charge is 2.37. The fourth-order valence-corrected chi connectivity index (χ4v) is 3.06. The molecule has 0 saturated carbocycles. The number of carbonyl (C=O) groups excluding carboxylic acids is 1. The molecule has 1 saturated heterocycles. The Hall–Kier alpha value is -1.95. The fourth-order valence-electron chi connectivity index (χ4n) is 2.36. The van der Waals surface area contributed by atoms with Gasteiger partial charge in [-0.25, -0.2) is 0 Å². The first-order chi connectivity index (χ1) is 12.0. The summed E-state index contributed by atoms with van der Waals surface area (Å²) in [4.78, 5) is 28.6. The average Bonchev–Trinajstić information content (AvgIpc) is 3.07. The van der Waals surface area contributed by atoms with Crippen LogP contribution in [-0.4, -0.2) is 65.2 Å². The summed E-state index contributed by atoms with van der Waals surface area (Å²) in [5, 5.41) is 35.7. The molecule has 1 aromatic rings. The number of nitrogens with one attached hydrogen (secondary N) is 1. The molecule has 2 atom stereocenters. The number of nitrogens with zero attached hydrogens (tertiary/aromatic N) is 1. The quantitative estimate of drug-likeness (QED) is 0.212. The lowest BCUT2D eigenvalue weighted by Gasteiger charge is -2.30. The molecule has 1 aliphatic heterocycles. The number of carboxylic acid groups (broad SMARTS) is 1. The average molecular weight is 370 g/mol. The number of oxime groups is 1. The summed E-state index contributed by atoms with van der Waals surface area (Å²) in [6.07, 6.45) is -0.00542. The van der Waals surface area contributed by atoms with Crippen molar-refractivity contribution in [2.45, 2.75) is 31.3 Å². The molecule has 136 valence electrons. The van der Waals surface area contributed by atoms with E-state index in [4.69, 9.17) is 19.7 Å². The number of carboxylic acids is 1. The van der Waals surface area contributed by atoms with Crippen molar-refractivity contribution in [1.29, 1.82) is 0 Å². The molecule has 11 heteroatoms. The standard InChI is InChI=1S/C14H19BN2O7S/c18-5-6-23-17-13(10-2-1-7-25-10)14(21)16-11-4-3-9(8-12(19)20)24-15(11)22/h1-2,7,9,11,18,22H,3-6,8H2,(H,16,21)(H,19,20)/b17-13+/t9-,11-/m0/s1. The Labute approximate surface area is 148 Å². The van der Waals surface area contributed by atoms with Gasteiger partial charge in [0.05, 0.1) is 30.0 Å². The Bertz CT molecular complexity index is 610.